The Kier molecular flexibility index (Phi) is 5.20. The first-order valence-electron chi connectivity index (χ1n) is 9.40. The van der Waals surface area contributed by atoms with E-state index in [4.69, 9.17) is 4.98 Å². The van der Waals surface area contributed by atoms with Crippen LogP contribution in [0.4, 0.5) is 5.82 Å². The maximum atomic E-state index is 4.74. The molecule has 0 aromatic carbocycles. The van der Waals surface area contributed by atoms with Gasteiger partial charge in [0.05, 0.1) is 0 Å². The number of hydrogen-bond donors (Lipinski definition) is 0. The van der Waals surface area contributed by atoms with E-state index in [1.54, 1.807) is 0 Å². The van der Waals surface area contributed by atoms with Crippen LogP contribution in [-0.2, 0) is 6.42 Å². The zero-order valence-electron chi connectivity index (χ0n) is 15.3. The fourth-order valence-corrected chi connectivity index (χ4v) is 3.72. The third kappa shape index (κ3) is 4.23. The van der Waals surface area contributed by atoms with Crippen LogP contribution < -0.4 is 4.90 Å². The third-order valence-corrected chi connectivity index (χ3v) is 5.27. The Morgan fingerprint density at radius 3 is 2.65 bits per heavy atom. The van der Waals surface area contributed by atoms with Gasteiger partial charge in [-0.1, -0.05) is 20.8 Å². The molecular formula is C19H32N4. The predicted octanol–water partition coefficient (Wildman–Crippen LogP) is 3.29. The zero-order chi connectivity index (χ0) is 16.4. The largest absolute Gasteiger partial charge is 0.355 e. The van der Waals surface area contributed by atoms with E-state index < -0.39 is 0 Å². The fourth-order valence-electron chi connectivity index (χ4n) is 3.72. The first-order valence-corrected chi connectivity index (χ1v) is 9.40. The lowest BCUT2D eigenvalue weighted by molar-refractivity contribution is 0.162. The van der Waals surface area contributed by atoms with E-state index in [0.29, 0.717) is 12.0 Å². The molecule has 0 amide bonds. The molecule has 0 N–H and O–H groups in total. The van der Waals surface area contributed by atoms with Crippen LogP contribution in [-0.4, -0.2) is 47.1 Å². The molecule has 0 spiro atoms. The Balaban J connectivity index is 1.78. The number of nitrogens with zero attached hydrogens (tertiary/aromatic N) is 4. The highest BCUT2D eigenvalue weighted by Gasteiger charge is 2.32. The molecule has 1 aromatic rings. The summed E-state index contributed by atoms with van der Waals surface area (Å²) in [4.78, 5) is 14.5. The van der Waals surface area contributed by atoms with Crippen molar-refractivity contribution in [2.24, 2.45) is 11.8 Å². The summed E-state index contributed by atoms with van der Waals surface area (Å²) in [6.07, 6.45) is 5.10. The third-order valence-electron chi connectivity index (χ3n) is 5.27. The van der Waals surface area contributed by atoms with Crippen molar-refractivity contribution in [3.05, 3.63) is 17.6 Å². The number of hydrogen-bond acceptors (Lipinski definition) is 4. The van der Waals surface area contributed by atoms with Crippen LogP contribution in [0, 0.1) is 18.8 Å². The highest BCUT2D eigenvalue weighted by molar-refractivity contribution is 5.40. The summed E-state index contributed by atoms with van der Waals surface area (Å²) in [6, 6.07) is 2.83. The van der Waals surface area contributed by atoms with Gasteiger partial charge in [-0.05, 0) is 44.4 Å². The standard InChI is InChI=1S/C19H32N4/c1-5-17-11-19(21-15(4)20-17)23-10-6-9-22(12-16-7-8-16)18(13-23)14(2)3/h11,14,16,18H,5-10,12-13H2,1-4H3/t18-/m1/s1. The lowest BCUT2D eigenvalue weighted by Gasteiger charge is -2.35. The lowest BCUT2D eigenvalue weighted by atomic mass is 10.0. The minimum absolute atomic E-state index is 0.637. The Labute approximate surface area is 141 Å². The minimum atomic E-state index is 0.637. The summed E-state index contributed by atoms with van der Waals surface area (Å²) in [5, 5.41) is 0. The van der Waals surface area contributed by atoms with Gasteiger partial charge in [-0.25, -0.2) is 9.97 Å². The van der Waals surface area contributed by atoms with Gasteiger partial charge in [-0.3, -0.25) is 4.90 Å². The molecule has 1 saturated heterocycles. The van der Waals surface area contributed by atoms with E-state index in [1.165, 1.54) is 32.4 Å². The van der Waals surface area contributed by atoms with E-state index >= 15 is 0 Å². The van der Waals surface area contributed by atoms with Crippen molar-refractivity contribution < 1.29 is 0 Å². The molecule has 3 rings (SSSR count). The van der Waals surface area contributed by atoms with Crippen molar-refractivity contribution in [2.75, 3.05) is 31.1 Å². The van der Waals surface area contributed by atoms with Crippen molar-refractivity contribution in [1.82, 2.24) is 14.9 Å². The van der Waals surface area contributed by atoms with Gasteiger partial charge in [-0.15, -0.1) is 0 Å². The highest BCUT2D eigenvalue weighted by Crippen LogP contribution is 2.32. The first-order chi connectivity index (χ1) is 11.1. The quantitative estimate of drug-likeness (QED) is 0.834. The second-order valence-electron chi connectivity index (χ2n) is 7.67. The molecule has 4 nitrogen and oxygen atoms in total. The van der Waals surface area contributed by atoms with Gasteiger partial charge in [0.1, 0.15) is 11.6 Å². The van der Waals surface area contributed by atoms with E-state index in [9.17, 15) is 0 Å². The van der Waals surface area contributed by atoms with E-state index in [0.717, 1.165) is 42.8 Å². The molecule has 2 aliphatic rings. The molecule has 128 valence electrons. The smallest absolute Gasteiger partial charge is 0.132 e. The van der Waals surface area contributed by atoms with Crippen molar-refractivity contribution in [2.45, 2.75) is 59.4 Å². The van der Waals surface area contributed by atoms with Crippen LogP contribution >= 0.6 is 0 Å². The summed E-state index contributed by atoms with van der Waals surface area (Å²) >= 11 is 0. The Morgan fingerprint density at radius 1 is 1.22 bits per heavy atom. The molecule has 1 aliphatic carbocycles. The first kappa shape index (κ1) is 16.7. The van der Waals surface area contributed by atoms with Crippen molar-refractivity contribution in [1.29, 1.82) is 0 Å². The molecule has 1 saturated carbocycles. The number of aromatic nitrogens is 2. The van der Waals surface area contributed by atoms with Crippen LogP contribution in [0.15, 0.2) is 6.07 Å². The predicted molar refractivity (Wildman–Crippen MR) is 95.9 cm³/mol. The Hall–Kier alpha value is -1.16. The molecule has 4 heteroatoms. The number of rotatable bonds is 5. The van der Waals surface area contributed by atoms with Gasteiger partial charge in [0.25, 0.3) is 0 Å². The summed E-state index contributed by atoms with van der Waals surface area (Å²) in [6.45, 7) is 13.7. The molecule has 2 heterocycles. The average molecular weight is 316 g/mol. The summed E-state index contributed by atoms with van der Waals surface area (Å²) in [5.41, 5.74) is 1.16. The lowest BCUT2D eigenvalue weighted by Crippen LogP contribution is -2.45. The molecular weight excluding hydrogens is 284 g/mol. The second kappa shape index (κ2) is 7.16. The maximum Gasteiger partial charge on any atom is 0.132 e. The van der Waals surface area contributed by atoms with Gasteiger partial charge in [0, 0.05) is 44.0 Å². The average Bonchev–Trinajstić information content (AvgIpc) is 3.33. The van der Waals surface area contributed by atoms with E-state index in [-0.39, 0.29) is 0 Å². The summed E-state index contributed by atoms with van der Waals surface area (Å²) < 4.78 is 0. The van der Waals surface area contributed by atoms with Crippen molar-refractivity contribution in [3.8, 4) is 0 Å². The fraction of sp³-hybridized carbons (Fsp3) is 0.789. The van der Waals surface area contributed by atoms with Crippen LogP contribution in [0.5, 0.6) is 0 Å². The molecule has 1 aromatic heterocycles. The molecule has 1 atom stereocenters. The van der Waals surface area contributed by atoms with Gasteiger partial charge in [0.2, 0.25) is 0 Å². The monoisotopic (exact) mass is 316 g/mol. The molecule has 0 bridgehead atoms. The normalized spacial score (nSPS) is 23.3. The Bertz CT molecular complexity index is 524. The molecule has 0 radical (unpaired) electrons. The van der Waals surface area contributed by atoms with Gasteiger partial charge >= 0.3 is 0 Å². The van der Waals surface area contributed by atoms with Crippen molar-refractivity contribution >= 4 is 5.82 Å². The Morgan fingerprint density at radius 2 is 2.00 bits per heavy atom. The second-order valence-corrected chi connectivity index (χ2v) is 7.67. The maximum absolute atomic E-state index is 4.74. The topological polar surface area (TPSA) is 32.3 Å². The zero-order valence-corrected chi connectivity index (χ0v) is 15.3. The van der Waals surface area contributed by atoms with E-state index in [2.05, 4.69) is 41.6 Å². The SMILES string of the molecule is CCc1cc(N2CCCN(CC3CC3)[C@@H](C(C)C)C2)nc(C)n1. The highest BCUT2D eigenvalue weighted by atomic mass is 15.3. The van der Waals surface area contributed by atoms with Crippen LogP contribution in [0.1, 0.15) is 51.6 Å². The number of anilines is 1. The van der Waals surface area contributed by atoms with Crippen molar-refractivity contribution in [3.63, 3.8) is 0 Å². The number of aryl methyl sites for hydroxylation is 2. The van der Waals surface area contributed by atoms with E-state index in [1.807, 2.05) is 6.92 Å². The summed E-state index contributed by atoms with van der Waals surface area (Å²) in [7, 11) is 0. The van der Waals surface area contributed by atoms with Crippen LogP contribution in [0.25, 0.3) is 0 Å². The molecule has 23 heavy (non-hydrogen) atoms. The van der Waals surface area contributed by atoms with Crippen LogP contribution in [0.3, 0.4) is 0 Å². The minimum Gasteiger partial charge on any atom is -0.355 e. The van der Waals surface area contributed by atoms with Gasteiger partial charge < -0.3 is 4.90 Å². The van der Waals surface area contributed by atoms with Crippen LogP contribution in [0.2, 0.25) is 0 Å². The summed E-state index contributed by atoms with van der Waals surface area (Å²) in [5.74, 6) is 3.69. The van der Waals surface area contributed by atoms with Gasteiger partial charge in [-0.2, -0.15) is 0 Å². The molecule has 2 fully saturated rings. The van der Waals surface area contributed by atoms with Gasteiger partial charge in [0.15, 0.2) is 0 Å². The molecule has 1 aliphatic heterocycles. The molecule has 0 unspecified atom stereocenters.